The summed E-state index contributed by atoms with van der Waals surface area (Å²) >= 11 is 5.14. The molecule has 1 fully saturated rings. The Balaban J connectivity index is 2.12. The van der Waals surface area contributed by atoms with Crippen LogP contribution in [0.2, 0.25) is 0 Å². The highest BCUT2D eigenvalue weighted by Crippen LogP contribution is 2.27. The Labute approximate surface area is 130 Å². The molecule has 1 amide bonds. The topological polar surface area (TPSA) is 77.2 Å². The van der Waals surface area contributed by atoms with Crippen molar-refractivity contribution in [2.75, 3.05) is 7.11 Å². The van der Waals surface area contributed by atoms with Crippen molar-refractivity contribution >= 4 is 23.1 Å². The lowest BCUT2D eigenvalue weighted by Gasteiger charge is -2.30. The first-order chi connectivity index (χ1) is 10.1. The lowest BCUT2D eigenvalue weighted by atomic mass is 9.83. The molecule has 1 saturated carbocycles. The number of pyridine rings is 1. The fourth-order valence-corrected chi connectivity index (χ4v) is 3.09. The first kappa shape index (κ1) is 15.7. The molecule has 6 heteroatoms. The molecule has 1 aliphatic carbocycles. The molecule has 1 unspecified atom stereocenters. The van der Waals surface area contributed by atoms with Crippen LogP contribution in [0.1, 0.15) is 42.5 Å². The van der Waals surface area contributed by atoms with Crippen molar-refractivity contribution in [1.82, 2.24) is 10.3 Å². The summed E-state index contributed by atoms with van der Waals surface area (Å²) < 4.78 is 5.12. The minimum absolute atomic E-state index is 0.247. The zero-order valence-corrected chi connectivity index (χ0v) is 13.0. The molecule has 5 nitrogen and oxygen atoms in total. The fourth-order valence-electron chi connectivity index (χ4n) is 2.83. The number of carbonyl (C=O) groups excluding carboxylic acids is 1. The van der Waals surface area contributed by atoms with Gasteiger partial charge >= 0.3 is 0 Å². The summed E-state index contributed by atoms with van der Waals surface area (Å²) in [5, 5.41) is 2.95. The van der Waals surface area contributed by atoms with E-state index in [-0.39, 0.29) is 11.9 Å². The summed E-state index contributed by atoms with van der Waals surface area (Å²) in [6, 6.07) is 3.12. The summed E-state index contributed by atoms with van der Waals surface area (Å²) in [5.41, 5.74) is 6.23. The average Bonchev–Trinajstić information content (AvgIpc) is 2.52. The highest BCUT2D eigenvalue weighted by molar-refractivity contribution is 7.80. The van der Waals surface area contributed by atoms with Crippen LogP contribution in [0.25, 0.3) is 0 Å². The number of carbonyl (C=O) groups is 1. The van der Waals surface area contributed by atoms with Crippen LogP contribution in [-0.4, -0.2) is 29.0 Å². The van der Waals surface area contributed by atoms with E-state index in [4.69, 9.17) is 22.7 Å². The molecule has 1 aliphatic rings. The van der Waals surface area contributed by atoms with Crippen LogP contribution in [0.15, 0.2) is 18.3 Å². The summed E-state index contributed by atoms with van der Waals surface area (Å²) in [6.07, 6.45) is 7.25. The predicted octanol–water partition coefficient (Wildman–Crippen LogP) is 2.05. The number of thiocarbonyl (C=S) groups is 1. The molecule has 1 aromatic heterocycles. The molecule has 0 bridgehead atoms. The molecule has 0 spiro atoms. The Morgan fingerprint density at radius 2 is 2.19 bits per heavy atom. The highest BCUT2D eigenvalue weighted by atomic mass is 32.1. The fraction of sp³-hybridized carbons (Fsp3) is 0.533. The van der Waals surface area contributed by atoms with E-state index < -0.39 is 0 Å². The number of methoxy groups -OCH3 is 1. The predicted molar refractivity (Wildman–Crippen MR) is 85.4 cm³/mol. The van der Waals surface area contributed by atoms with E-state index in [0.717, 1.165) is 25.7 Å². The minimum Gasteiger partial charge on any atom is -0.480 e. The van der Waals surface area contributed by atoms with E-state index in [1.165, 1.54) is 13.5 Å². The van der Waals surface area contributed by atoms with Gasteiger partial charge in [0.15, 0.2) is 0 Å². The monoisotopic (exact) mass is 307 g/mol. The third-order valence-corrected chi connectivity index (χ3v) is 4.18. The van der Waals surface area contributed by atoms with E-state index in [9.17, 15) is 4.79 Å². The molecule has 0 aromatic carbocycles. The van der Waals surface area contributed by atoms with Gasteiger partial charge in [-0.2, -0.15) is 0 Å². The molecule has 0 aliphatic heterocycles. The normalized spacial score (nSPS) is 17.0. The first-order valence-corrected chi connectivity index (χ1v) is 7.63. The maximum absolute atomic E-state index is 12.4. The van der Waals surface area contributed by atoms with Gasteiger partial charge in [0, 0.05) is 6.20 Å². The molecule has 0 saturated heterocycles. The maximum Gasteiger partial charge on any atom is 0.257 e. The number of ether oxygens (including phenoxy) is 1. The smallest absolute Gasteiger partial charge is 0.257 e. The SMILES string of the molecule is COc1ncccc1C(=O)NC(C(N)=S)C1CCCCC1. The molecule has 3 N–H and O–H groups in total. The number of rotatable bonds is 5. The van der Waals surface area contributed by atoms with E-state index in [0.29, 0.717) is 22.3 Å². The summed E-state index contributed by atoms with van der Waals surface area (Å²) in [7, 11) is 1.49. The van der Waals surface area contributed by atoms with Crippen molar-refractivity contribution in [1.29, 1.82) is 0 Å². The molecule has 21 heavy (non-hydrogen) atoms. The van der Waals surface area contributed by atoms with Crippen molar-refractivity contribution in [3.8, 4) is 5.88 Å². The van der Waals surface area contributed by atoms with Crippen molar-refractivity contribution in [2.24, 2.45) is 11.7 Å². The number of hydrogen-bond donors (Lipinski definition) is 2. The lowest BCUT2D eigenvalue weighted by Crippen LogP contribution is -2.48. The zero-order chi connectivity index (χ0) is 15.2. The second-order valence-corrected chi connectivity index (χ2v) is 5.78. The van der Waals surface area contributed by atoms with Gasteiger partial charge in [-0.25, -0.2) is 4.98 Å². The lowest BCUT2D eigenvalue weighted by molar-refractivity contribution is 0.0928. The number of nitrogens with two attached hydrogens (primary N) is 1. The number of nitrogens with zero attached hydrogens (tertiary/aromatic N) is 1. The summed E-state index contributed by atoms with van der Waals surface area (Å²) in [4.78, 5) is 16.8. The van der Waals surface area contributed by atoms with Gasteiger partial charge in [-0.1, -0.05) is 31.5 Å². The highest BCUT2D eigenvalue weighted by Gasteiger charge is 2.28. The van der Waals surface area contributed by atoms with Crippen molar-refractivity contribution in [2.45, 2.75) is 38.1 Å². The van der Waals surface area contributed by atoms with Gasteiger partial charge in [-0.05, 0) is 30.9 Å². The number of hydrogen-bond acceptors (Lipinski definition) is 4. The van der Waals surface area contributed by atoms with Gasteiger partial charge < -0.3 is 15.8 Å². The van der Waals surface area contributed by atoms with E-state index in [1.807, 2.05) is 0 Å². The van der Waals surface area contributed by atoms with Crippen LogP contribution >= 0.6 is 12.2 Å². The van der Waals surface area contributed by atoms with Crippen LogP contribution in [0.4, 0.5) is 0 Å². The molecular weight excluding hydrogens is 286 g/mol. The Kier molecular flexibility index (Phi) is 5.50. The van der Waals surface area contributed by atoms with E-state index in [2.05, 4.69) is 10.3 Å². The average molecular weight is 307 g/mol. The Hall–Kier alpha value is -1.69. The third-order valence-electron chi connectivity index (χ3n) is 3.92. The van der Waals surface area contributed by atoms with E-state index in [1.54, 1.807) is 18.3 Å². The van der Waals surface area contributed by atoms with Crippen molar-refractivity contribution in [3.05, 3.63) is 23.9 Å². The minimum atomic E-state index is -0.266. The van der Waals surface area contributed by atoms with Gasteiger partial charge in [0.2, 0.25) is 5.88 Å². The maximum atomic E-state index is 12.4. The van der Waals surface area contributed by atoms with Crippen LogP contribution in [0, 0.1) is 5.92 Å². The second-order valence-electron chi connectivity index (χ2n) is 5.31. The quantitative estimate of drug-likeness (QED) is 0.814. The van der Waals surface area contributed by atoms with Gasteiger partial charge in [-0.3, -0.25) is 4.79 Å². The van der Waals surface area contributed by atoms with Gasteiger partial charge in [0.1, 0.15) is 5.56 Å². The van der Waals surface area contributed by atoms with Gasteiger partial charge in [0.25, 0.3) is 5.91 Å². The Bertz CT molecular complexity index is 515. The Morgan fingerprint density at radius 3 is 2.81 bits per heavy atom. The van der Waals surface area contributed by atoms with Crippen molar-refractivity contribution < 1.29 is 9.53 Å². The molecule has 114 valence electrons. The third kappa shape index (κ3) is 3.91. The van der Waals surface area contributed by atoms with Crippen LogP contribution in [0.3, 0.4) is 0 Å². The van der Waals surface area contributed by atoms with Gasteiger partial charge in [-0.15, -0.1) is 0 Å². The molecule has 1 heterocycles. The number of aromatic nitrogens is 1. The zero-order valence-electron chi connectivity index (χ0n) is 12.2. The largest absolute Gasteiger partial charge is 0.480 e. The van der Waals surface area contributed by atoms with Gasteiger partial charge in [0.05, 0.1) is 18.1 Å². The molecule has 0 radical (unpaired) electrons. The summed E-state index contributed by atoms with van der Waals surface area (Å²) in [6.45, 7) is 0. The molecule has 1 aromatic rings. The van der Waals surface area contributed by atoms with Crippen LogP contribution in [-0.2, 0) is 0 Å². The van der Waals surface area contributed by atoms with Crippen LogP contribution < -0.4 is 15.8 Å². The number of nitrogens with one attached hydrogen (secondary N) is 1. The van der Waals surface area contributed by atoms with Crippen molar-refractivity contribution in [3.63, 3.8) is 0 Å². The Morgan fingerprint density at radius 1 is 1.48 bits per heavy atom. The van der Waals surface area contributed by atoms with Crippen LogP contribution in [0.5, 0.6) is 5.88 Å². The molecule has 1 atom stereocenters. The number of amides is 1. The molecule has 2 rings (SSSR count). The van der Waals surface area contributed by atoms with E-state index >= 15 is 0 Å². The standard InChI is InChI=1S/C15H21N3O2S/c1-20-15-11(8-5-9-17-15)14(19)18-12(13(16)21)10-6-3-2-4-7-10/h5,8-10,12H,2-4,6-7H2,1H3,(H2,16,21)(H,18,19). The second kappa shape index (κ2) is 7.36. The molecular formula is C15H21N3O2S. The summed E-state index contributed by atoms with van der Waals surface area (Å²) in [5.74, 6) is 0.381. The first-order valence-electron chi connectivity index (χ1n) is 7.22.